The molecule has 0 radical (unpaired) electrons. The van der Waals surface area contributed by atoms with Crippen LogP contribution in [0.15, 0.2) is 0 Å². The predicted molar refractivity (Wildman–Crippen MR) is 108 cm³/mol. The van der Waals surface area contributed by atoms with Gasteiger partial charge in [-0.3, -0.25) is 0 Å². The second kappa shape index (κ2) is 9.04. The molecule has 2 aliphatic rings. The summed E-state index contributed by atoms with van der Waals surface area (Å²) < 4.78 is 0. The minimum atomic E-state index is -0.394. The van der Waals surface area contributed by atoms with Crippen LogP contribution in [-0.2, 0) is 0 Å². The summed E-state index contributed by atoms with van der Waals surface area (Å²) in [6.45, 7) is 7.33. The highest BCUT2D eigenvalue weighted by Gasteiger charge is 2.39. The smallest absolute Gasteiger partial charge is 0.104 e. The molecule has 0 amide bonds. The molecular weight excluding hydrogens is 322 g/mol. The fourth-order valence-electron chi connectivity index (χ4n) is 4.29. The van der Waals surface area contributed by atoms with Crippen LogP contribution in [0, 0.1) is 23.7 Å². The first-order valence-electron chi connectivity index (χ1n) is 9.10. The van der Waals surface area contributed by atoms with Crippen molar-refractivity contribution in [3.8, 4) is 11.8 Å². The molecule has 0 bridgehead atoms. The predicted octanol–water partition coefficient (Wildman–Crippen LogP) is 3.29. The van der Waals surface area contributed by atoms with Crippen LogP contribution in [0.4, 0.5) is 0 Å². The molecular formula is C19H35NOS2. The highest BCUT2D eigenvalue weighted by atomic mass is 32.3. The molecule has 0 aromatic heterocycles. The number of rotatable bonds is 6. The summed E-state index contributed by atoms with van der Waals surface area (Å²) >= 11 is 2.08. The lowest BCUT2D eigenvalue weighted by atomic mass is 10.0. The molecule has 2 heterocycles. The zero-order valence-electron chi connectivity index (χ0n) is 15.4. The quantitative estimate of drug-likeness (QED) is 0.738. The SMILES string of the molecule is CCCS1(C)CCC(C)C1CN(C)CC1CC(C#CCO)CS1. The van der Waals surface area contributed by atoms with Gasteiger partial charge in [0.25, 0.3) is 0 Å². The normalized spacial score (nSPS) is 39.9. The molecule has 2 rings (SSSR count). The van der Waals surface area contributed by atoms with Crippen LogP contribution in [0.25, 0.3) is 0 Å². The molecule has 0 aromatic rings. The van der Waals surface area contributed by atoms with Crippen LogP contribution < -0.4 is 0 Å². The van der Waals surface area contributed by atoms with Crippen molar-refractivity contribution in [1.29, 1.82) is 0 Å². The van der Waals surface area contributed by atoms with Crippen molar-refractivity contribution in [1.82, 2.24) is 4.90 Å². The number of thioether (sulfide) groups is 1. The summed E-state index contributed by atoms with van der Waals surface area (Å²) in [7, 11) is 1.93. The van der Waals surface area contributed by atoms with Crippen LogP contribution >= 0.6 is 21.8 Å². The second-order valence-corrected chi connectivity index (χ2v) is 13.1. The highest BCUT2D eigenvalue weighted by Crippen LogP contribution is 2.58. The lowest BCUT2D eigenvalue weighted by Crippen LogP contribution is -2.37. The Hall–Kier alpha value is 0.180. The molecule has 0 saturated carbocycles. The van der Waals surface area contributed by atoms with Crippen molar-refractivity contribution >= 4 is 21.8 Å². The van der Waals surface area contributed by atoms with Gasteiger partial charge in [-0.25, -0.2) is 10.0 Å². The van der Waals surface area contributed by atoms with Crippen molar-refractivity contribution < 1.29 is 5.11 Å². The van der Waals surface area contributed by atoms with E-state index in [0.29, 0.717) is 5.92 Å². The monoisotopic (exact) mass is 357 g/mol. The number of nitrogens with zero attached hydrogens (tertiary/aromatic N) is 1. The fraction of sp³-hybridized carbons (Fsp3) is 0.895. The summed E-state index contributed by atoms with van der Waals surface area (Å²) in [6, 6.07) is 0. The molecule has 5 unspecified atom stereocenters. The first-order valence-corrected chi connectivity index (χ1v) is 12.6. The van der Waals surface area contributed by atoms with E-state index in [0.717, 1.165) is 22.2 Å². The average Bonchev–Trinajstić information content (AvgIpc) is 3.05. The Bertz CT molecular complexity index is 429. The van der Waals surface area contributed by atoms with E-state index in [9.17, 15) is 0 Å². The number of hydrogen-bond donors (Lipinski definition) is 1. The van der Waals surface area contributed by atoms with Crippen molar-refractivity contribution in [2.24, 2.45) is 11.8 Å². The summed E-state index contributed by atoms with van der Waals surface area (Å²) in [6.07, 6.45) is 6.61. The van der Waals surface area contributed by atoms with E-state index in [2.05, 4.69) is 55.7 Å². The topological polar surface area (TPSA) is 23.5 Å². The van der Waals surface area contributed by atoms with Gasteiger partial charge in [0.1, 0.15) is 6.61 Å². The van der Waals surface area contributed by atoms with E-state index < -0.39 is 10.0 Å². The van der Waals surface area contributed by atoms with Crippen LogP contribution in [-0.4, -0.2) is 70.8 Å². The van der Waals surface area contributed by atoms with E-state index in [1.165, 1.54) is 43.9 Å². The number of hydrogen-bond acceptors (Lipinski definition) is 3. The zero-order chi connectivity index (χ0) is 16.9. The molecule has 0 aromatic carbocycles. The first-order chi connectivity index (χ1) is 11.0. The second-order valence-electron chi connectivity index (χ2n) is 7.65. The fourth-order valence-corrected chi connectivity index (χ4v) is 10.3. The largest absolute Gasteiger partial charge is 0.384 e. The van der Waals surface area contributed by atoms with E-state index in [4.69, 9.17) is 5.11 Å². The average molecular weight is 358 g/mol. The molecule has 2 saturated heterocycles. The van der Waals surface area contributed by atoms with E-state index >= 15 is 0 Å². The van der Waals surface area contributed by atoms with E-state index in [-0.39, 0.29) is 6.61 Å². The molecule has 2 aliphatic heterocycles. The lowest BCUT2D eigenvalue weighted by molar-refractivity contribution is 0.310. The number of aliphatic hydroxyl groups excluding tert-OH is 1. The maximum Gasteiger partial charge on any atom is 0.104 e. The van der Waals surface area contributed by atoms with Crippen LogP contribution in [0.5, 0.6) is 0 Å². The molecule has 2 nitrogen and oxygen atoms in total. The van der Waals surface area contributed by atoms with E-state index in [1.807, 2.05) is 0 Å². The highest BCUT2D eigenvalue weighted by molar-refractivity contribution is 8.33. The summed E-state index contributed by atoms with van der Waals surface area (Å²) in [5, 5.41) is 10.5. The van der Waals surface area contributed by atoms with Gasteiger partial charge in [-0.15, -0.1) is 0 Å². The molecule has 0 aliphatic carbocycles. The standard InChI is InChI=1S/C19H35NOS2/c1-5-10-23(4)11-8-16(2)19(23)14-20(3)13-18-12-17(15-22-18)7-6-9-21/h16-19,21H,5,8-15H2,1-4H3. The Labute approximate surface area is 149 Å². The molecule has 134 valence electrons. The van der Waals surface area contributed by atoms with Gasteiger partial charge in [-0.2, -0.15) is 11.8 Å². The third-order valence-electron chi connectivity index (χ3n) is 5.55. The maximum absolute atomic E-state index is 8.83. The van der Waals surface area contributed by atoms with Gasteiger partial charge in [0, 0.05) is 35.3 Å². The Balaban J connectivity index is 1.83. The van der Waals surface area contributed by atoms with Gasteiger partial charge in [0.2, 0.25) is 0 Å². The van der Waals surface area contributed by atoms with Crippen LogP contribution in [0.3, 0.4) is 0 Å². The summed E-state index contributed by atoms with van der Waals surface area (Å²) in [5.74, 6) is 11.5. The maximum atomic E-state index is 8.83. The Kier molecular flexibility index (Phi) is 7.66. The third kappa shape index (κ3) is 5.33. The summed E-state index contributed by atoms with van der Waals surface area (Å²) in [5.41, 5.74) is 0. The minimum Gasteiger partial charge on any atom is -0.384 e. The minimum absolute atomic E-state index is 0.00406. The Morgan fingerprint density at radius 1 is 1.35 bits per heavy atom. The van der Waals surface area contributed by atoms with Gasteiger partial charge in [0.05, 0.1) is 0 Å². The zero-order valence-corrected chi connectivity index (χ0v) is 17.0. The van der Waals surface area contributed by atoms with Crippen LogP contribution in [0.1, 0.15) is 33.1 Å². The van der Waals surface area contributed by atoms with Gasteiger partial charge in [0.15, 0.2) is 0 Å². The molecule has 5 atom stereocenters. The molecule has 2 fully saturated rings. The lowest BCUT2D eigenvalue weighted by Gasteiger charge is -2.41. The first kappa shape index (κ1) is 19.5. The van der Waals surface area contributed by atoms with Crippen LogP contribution in [0.2, 0.25) is 0 Å². The van der Waals surface area contributed by atoms with Gasteiger partial charge in [-0.05, 0) is 50.0 Å². The van der Waals surface area contributed by atoms with E-state index in [1.54, 1.807) is 0 Å². The molecule has 23 heavy (non-hydrogen) atoms. The van der Waals surface area contributed by atoms with Gasteiger partial charge < -0.3 is 10.0 Å². The Morgan fingerprint density at radius 3 is 2.83 bits per heavy atom. The Morgan fingerprint density at radius 2 is 2.13 bits per heavy atom. The molecule has 4 heteroatoms. The molecule has 0 spiro atoms. The summed E-state index contributed by atoms with van der Waals surface area (Å²) in [4.78, 5) is 2.60. The van der Waals surface area contributed by atoms with Crippen molar-refractivity contribution in [3.63, 3.8) is 0 Å². The van der Waals surface area contributed by atoms with Gasteiger partial charge in [-0.1, -0.05) is 25.7 Å². The van der Waals surface area contributed by atoms with Crippen molar-refractivity contribution in [2.45, 2.75) is 43.6 Å². The van der Waals surface area contributed by atoms with Crippen molar-refractivity contribution in [3.05, 3.63) is 0 Å². The third-order valence-corrected chi connectivity index (χ3v) is 11.5. The number of aliphatic hydroxyl groups is 1. The van der Waals surface area contributed by atoms with Gasteiger partial charge >= 0.3 is 0 Å². The molecule has 1 N–H and O–H groups in total. The van der Waals surface area contributed by atoms with Crippen molar-refractivity contribution in [2.75, 3.05) is 50.3 Å².